The molecular formula is C19H22O4S. The fraction of sp³-hybridized carbons (Fsp3) is 0.316. The Balaban J connectivity index is 1.94. The second-order valence-electron chi connectivity index (χ2n) is 5.18. The summed E-state index contributed by atoms with van der Waals surface area (Å²) in [7, 11) is 4.74. The van der Waals surface area contributed by atoms with Gasteiger partial charge < -0.3 is 14.2 Å². The second-order valence-corrected chi connectivity index (χ2v) is 6.21. The summed E-state index contributed by atoms with van der Waals surface area (Å²) >= 11 is 1.35. The third-order valence-electron chi connectivity index (χ3n) is 3.58. The van der Waals surface area contributed by atoms with Crippen molar-refractivity contribution in [3.05, 3.63) is 53.6 Å². The normalized spacial score (nSPS) is 10.3. The van der Waals surface area contributed by atoms with Crippen molar-refractivity contribution in [1.82, 2.24) is 0 Å². The molecule has 2 aromatic carbocycles. The largest absolute Gasteiger partial charge is 0.493 e. The minimum atomic E-state index is 0.174. The molecule has 0 amide bonds. The summed E-state index contributed by atoms with van der Waals surface area (Å²) < 4.78 is 16.0. The van der Waals surface area contributed by atoms with E-state index in [9.17, 15) is 4.79 Å². The Bertz CT molecular complexity index is 645. The van der Waals surface area contributed by atoms with Crippen LogP contribution in [0.15, 0.2) is 42.5 Å². The van der Waals surface area contributed by atoms with Gasteiger partial charge in [0.15, 0.2) is 16.6 Å². The molecule has 0 aliphatic carbocycles. The van der Waals surface area contributed by atoms with Gasteiger partial charge >= 0.3 is 0 Å². The number of aryl methyl sites for hydroxylation is 1. The molecule has 0 fully saturated rings. The third kappa shape index (κ3) is 4.93. The average Bonchev–Trinajstić information content (AvgIpc) is 2.64. The number of ether oxygens (including phenoxy) is 3. The molecular weight excluding hydrogens is 324 g/mol. The van der Waals surface area contributed by atoms with Crippen LogP contribution in [0.2, 0.25) is 0 Å². The smallest absolute Gasteiger partial charge is 0.203 e. The molecule has 24 heavy (non-hydrogen) atoms. The van der Waals surface area contributed by atoms with Gasteiger partial charge in [-0.3, -0.25) is 4.79 Å². The molecule has 0 atom stereocenters. The predicted octanol–water partition coefficient (Wildman–Crippen LogP) is 4.11. The summed E-state index contributed by atoms with van der Waals surface area (Å²) in [5, 5.41) is 0.174. The highest BCUT2D eigenvalue weighted by Crippen LogP contribution is 2.38. The molecule has 0 radical (unpaired) electrons. The maximum absolute atomic E-state index is 12.1. The second kappa shape index (κ2) is 9.23. The van der Waals surface area contributed by atoms with E-state index in [0.717, 1.165) is 11.1 Å². The standard InChI is InChI=1S/C19H22O4S/c1-21-16-11-15(12-17(22-2)19(16)23-3)9-10-18(20)24-13-14-7-5-4-6-8-14/h4-8,11-12H,9-10,13H2,1-3H3. The first kappa shape index (κ1) is 18.2. The van der Waals surface area contributed by atoms with E-state index in [-0.39, 0.29) is 5.12 Å². The van der Waals surface area contributed by atoms with Crippen LogP contribution in [0.3, 0.4) is 0 Å². The van der Waals surface area contributed by atoms with E-state index >= 15 is 0 Å². The van der Waals surface area contributed by atoms with E-state index in [0.29, 0.717) is 35.8 Å². The molecule has 0 N–H and O–H groups in total. The lowest BCUT2D eigenvalue weighted by molar-refractivity contribution is -0.110. The Morgan fingerprint density at radius 3 is 2.08 bits per heavy atom. The number of thioether (sulfide) groups is 1. The summed E-state index contributed by atoms with van der Waals surface area (Å²) in [6.07, 6.45) is 1.10. The van der Waals surface area contributed by atoms with Crippen molar-refractivity contribution in [3.8, 4) is 17.2 Å². The first-order chi connectivity index (χ1) is 11.7. The van der Waals surface area contributed by atoms with Gasteiger partial charge in [-0.15, -0.1) is 0 Å². The number of rotatable bonds is 8. The van der Waals surface area contributed by atoms with Gasteiger partial charge in [0.2, 0.25) is 5.75 Å². The monoisotopic (exact) mass is 346 g/mol. The van der Waals surface area contributed by atoms with Gasteiger partial charge in [-0.1, -0.05) is 42.1 Å². The van der Waals surface area contributed by atoms with E-state index in [2.05, 4.69) is 0 Å². The molecule has 2 rings (SSSR count). The van der Waals surface area contributed by atoms with Crippen molar-refractivity contribution in [2.24, 2.45) is 0 Å². The fourth-order valence-corrected chi connectivity index (χ4v) is 3.10. The van der Waals surface area contributed by atoms with Crippen molar-refractivity contribution in [2.75, 3.05) is 21.3 Å². The van der Waals surface area contributed by atoms with Crippen LogP contribution in [0.4, 0.5) is 0 Å². The summed E-state index contributed by atoms with van der Waals surface area (Å²) in [5.41, 5.74) is 2.14. The summed E-state index contributed by atoms with van der Waals surface area (Å²) in [6.45, 7) is 0. The third-order valence-corrected chi connectivity index (χ3v) is 4.59. The quantitative estimate of drug-likeness (QED) is 0.720. The molecule has 0 aromatic heterocycles. The van der Waals surface area contributed by atoms with E-state index < -0.39 is 0 Å². The number of hydrogen-bond donors (Lipinski definition) is 0. The number of carbonyl (C=O) groups excluding carboxylic acids is 1. The maximum atomic E-state index is 12.1. The predicted molar refractivity (Wildman–Crippen MR) is 97.2 cm³/mol. The molecule has 0 unspecified atom stereocenters. The first-order valence-electron chi connectivity index (χ1n) is 7.66. The average molecular weight is 346 g/mol. The van der Waals surface area contributed by atoms with Crippen molar-refractivity contribution in [1.29, 1.82) is 0 Å². The Kier molecular flexibility index (Phi) is 7.00. The molecule has 0 spiro atoms. The van der Waals surface area contributed by atoms with Gasteiger partial charge in [-0.2, -0.15) is 0 Å². The van der Waals surface area contributed by atoms with Crippen LogP contribution in [0, 0.1) is 0 Å². The molecule has 0 aliphatic heterocycles. The van der Waals surface area contributed by atoms with Crippen LogP contribution in [-0.4, -0.2) is 26.4 Å². The van der Waals surface area contributed by atoms with Gasteiger partial charge in [-0.05, 0) is 29.7 Å². The Morgan fingerprint density at radius 2 is 1.54 bits per heavy atom. The minimum absolute atomic E-state index is 0.174. The number of hydrogen-bond acceptors (Lipinski definition) is 5. The van der Waals surface area contributed by atoms with Crippen LogP contribution in [0.1, 0.15) is 17.5 Å². The molecule has 2 aromatic rings. The zero-order chi connectivity index (χ0) is 17.4. The van der Waals surface area contributed by atoms with Gasteiger partial charge in [0.1, 0.15) is 0 Å². The Labute approximate surface area is 147 Å². The highest BCUT2D eigenvalue weighted by molar-refractivity contribution is 8.12. The fourth-order valence-electron chi connectivity index (χ4n) is 2.34. The van der Waals surface area contributed by atoms with Crippen LogP contribution >= 0.6 is 11.8 Å². The molecule has 0 saturated carbocycles. The van der Waals surface area contributed by atoms with Crippen molar-refractivity contribution in [3.63, 3.8) is 0 Å². The maximum Gasteiger partial charge on any atom is 0.203 e. The number of methoxy groups -OCH3 is 3. The summed E-state index contributed by atoms with van der Waals surface area (Å²) in [4.78, 5) is 12.1. The Morgan fingerprint density at radius 1 is 0.917 bits per heavy atom. The van der Waals surface area contributed by atoms with Crippen molar-refractivity contribution >= 4 is 16.9 Å². The zero-order valence-corrected chi connectivity index (χ0v) is 15.0. The van der Waals surface area contributed by atoms with Gasteiger partial charge in [0, 0.05) is 12.2 Å². The van der Waals surface area contributed by atoms with Gasteiger partial charge in [0.05, 0.1) is 21.3 Å². The van der Waals surface area contributed by atoms with E-state index in [1.54, 1.807) is 21.3 Å². The molecule has 5 heteroatoms. The first-order valence-corrected chi connectivity index (χ1v) is 8.65. The molecule has 128 valence electrons. The van der Waals surface area contributed by atoms with Crippen LogP contribution in [0.25, 0.3) is 0 Å². The lowest BCUT2D eigenvalue weighted by Crippen LogP contribution is -2.00. The topological polar surface area (TPSA) is 44.8 Å². The van der Waals surface area contributed by atoms with Gasteiger partial charge in [0.25, 0.3) is 0 Å². The summed E-state index contributed by atoms with van der Waals surface area (Å²) in [5.74, 6) is 2.48. The number of carbonyl (C=O) groups is 1. The van der Waals surface area contributed by atoms with Crippen molar-refractivity contribution in [2.45, 2.75) is 18.6 Å². The van der Waals surface area contributed by atoms with Crippen LogP contribution < -0.4 is 14.2 Å². The van der Waals surface area contributed by atoms with E-state index in [4.69, 9.17) is 14.2 Å². The molecule has 0 bridgehead atoms. The molecule has 0 saturated heterocycles. The molecule has 4 nitrogen and oxygen atoms in total. The lowest BCUT2D eigenvalue weighted by Gasteiger charge is -2.14. The highest BCUT2D eigenvalue weighted by Gasteiger charge is 2.14. The zero-order valence-electron chi connectivity index (χ0n) is 14.2. The molecule has 0 aliphatic rings. The van der Waals surface area contributed by atoms with E-state index in [1.165, 1.54) is 11.8 Å². The van der Waals surface area contributed by atoms with Crippen LogP contribution in [-0.2, 0) is 17.0 Å². The van der Waals surface area contributed by atoms with Crippen molar-refractivity contribution < 1.29 is 19.0 Å². The lowest BCUT2D eigenvalue weighted by atomic mass is 10.1. The van der Waals surface area contributed by atoms with E-state index in [1.807, 2.05) is 42.5 Å². The Hall–Kier alpha value is -2.14. The van der Waals surface area contributed by atoms with Gasteiger partial charge in [-0.25, -0.2) is 0 Å². The minimum Gasteiger partial charge on any atom is -0.493 e. The van der Waals surface area contributed by atoms with Crippen LogP contribution in [0.5, 0.6) is 17.2 Å². The highest BCUT2D eigenvalue weighted by atomic mass is 32.2. The SMILES string of the molecule is COc1cc(CCC(=O)SCc2ccccc2)cc(OC)c1OC. The molecule has 0 heterocycles. The number of benzene rings is 2. The summed E-state index contributed by atoms with van der Waals surface area (Å²) in [6, 6.07) is 13.8.